The molecule has 0 amide bonds. The second kappa shape index (κ2) is 59.2. The SMILES string of the molecule is CC/C=C\C/C=C\C/C=C\C/C=C\C/C=C\CCCCCC(=O)OC[C@@H](COC(=O)CCCCCCCCCCCCCCCCC)OC(=O)CCCCCCCCCCC/C=C\C/C=C\CCCCC. The third kappa shape index (κ3) is 57.4. The molecule has 0 spiro atoms. The third-order valence-corrected chi connectivity index (χ3v) is 12.9. The van der Waals surface area contributed by atoms with Crippen LogP contribution in [0, 0.1) is 0 Å². The highest BCUT2D eigenvalue weighted by Gasteiger charge is 2.19. The van der Waals surface area contributed by atoms with E-state index in [1.54, 1.807) is 0 Å². The Labute approximate surface area is 439 Å². The monoisotopic (exact) mass is 989 g/mol. The number of hydrogen-bond acceptors (Lipinski definition) is 6. The van der Waals surface area contributed by atoms with Gasteiger partial charge in [-0.15, -0.1) is 0 Å². The van der Waals surface area contributed by atoms with E-state index in [0.717, 1.165) is 103 Å². The van der Waals surface area contributed by atoms with Crippen LogP contribution in [0.25, 0.3) is 0 Å². The summed E-state index contributed by atoms with van der Waals surface area (Å²) in [5.74, 6) is -0.914. The van der Waals surface area contributed by atoms with E-state index in [0.29, 0.717) is 19.3 Å². The Morgan fingerprint density at radius 1 is 0.296 bits per heavy atom. The van der Waals surface area contributed by atoms with E-state index >= 15 is 0 Å². The minimum Gasteiger partial charge on any atom is -0.462 e. The van der Waals surface area contributed by atoms with E-state index in [2.05, 4.69) is 106 Å². The van der Waals surface area contributed by atoms with Crippen molar-refractivity contribution < 1.29 is 28.6 Å². The van der Waals surface area contributed by atoms with E-state index in [1.165, 1.54) is 148 Å². The van der Waals surface area contributed by atoms with Gasteiger partial charge in [0.05, 0.1) is 0 Å². The zero-order chi connectivity index (χ0) is 51.4. The predicted molar refractivity (Wildman–Crippen MR) is 307 cm³/mol. The maximum Gasteiger partial charge on any atom is 0.306 e. The molecule has 0 aliphatic heterocycles. The molecular formula is C65H112O6. The van der Waals surface area contributed by atoms with E-state index < -0.39 is 6.10 Å². The van der Waals surface area contributed by atoms with Crippen LogP contribution in [0.5, 0.6) is 0 Å². The topological polar surface area (TPSA) is 78.9 Å². The Kier molecular flexibility index (Phi) is 56.3. The quantitative estimate of drug-likeness (QED) is 0.0261. The molecule has 0 heterocycles. The van der Waals surface area contributed by atoms with Gasteiger partial charge in [-0.3, -0.25) is 14.4 Å². The summed E-state index contributed by atoms with van der Waals surface area (Å²) in [6.07, 6.45) is 77.1. The minimum atomic E-state index is -0.792. The number of unbranched alkanes of at least 4 members (excludes halogenated alkanes) is 29. The van der Waals surface area contributed by atoms with Crippen molar-refractivity contribution in [3.05, 3.63) is 85.1 Å². The third-order valence-electron chi connectivity index (χ3n) is 12.9. The largest absolute Gasteiger partial charge is 0.462 e. The first-order valence-electron chi connectivity index (χ1n) is 30.1. The van der Waals surface area contributed by atoms with Gasteiger partial charge in [0.15, 0.2) is 6.10 Å². The number of carbonyl (C=O) groups excluding carboxylic acids is 3. The van der Waals surface area contributed by atoms with Gasteiger partial charge in [-0.25, -0.2) is 0 Å². The van der Waals surface area contributed by atoms with Crippen LogP contribution >= 0.6 is 0 Å². The lowest BCUT2D eigenvalue weighted by molar-refractivity contribution is -0.167. The molecule has 0 saturated carbocycles. The molecule has 0 radical (unpaired) electrons. The van der Waals surface area contributed by atoms with Gasteiger partial charge < -0.3 is 14.2 Å². The van der Waals surface area contributed by atoms with E-state index in [9.17, 15) is 14.4 Å². The number of rotatable bonds is 54. The minimum absolute atomic E-state index is 0.0866. The van der Waals surface area contributed by atoms with Crippen molar-refractivity contribution in [2.24, 2.45) is 0 Å². The maximum absolute atomic E-state index is 12.9. The number of ether oxygens (including phenoxy) is 3. The van der Waals surface area contributed by atoms with Gasteiger partial charge in [0.25, 0.3) is 0 Å². The lowest BCUT2D eigenvalue weighted by Crippen LogP contribution is -2.30. The Bertz CT molecular complexity index is 1370. The highest BCUT2D eigenvalue weighted by Crippen LogP contribution is 2.16. The van der Waals surface area contributed by atoms with Crippen molar-refractivity contribution in [1.29, 1.82) is 0 Å². The lowest BCUT2D eigenvalue weighted by Gasteiger charge is -2.18. The fourth-order valence-corrected chi connectivity index (χ4v) is 8.38. The smallest absolute Gasteiger partial charge is 0.306 e. The molecule has 0 N–H and O–H groups in total. The molecule has 6 heteroatoms. The fraction of sp³-hybridized carbons (Fsp3) is 0.738. The zero-order valence-corrected chi connectivity index (χ0v) is 46.7. The number of hydrogen-bond donors (Lipinski definition) is 0. The highest BCUT2D eigenvalue weighted by molar-refractivity contribution is 5.71. The first-order valence-corrected chi connectivity index (χ1v) is 30.1. The van der Waals surface area contributed by atoms with E-state index in [-0.39, 0.29) is 31.1 Å². The summed E-state index contributed by atoms with van der Waals surface area (Å²) in [6, 6.07) is 0. The average molecular weight is 990 g/mol. The molecule has 0 bridgehead atoms. The molecule has 1 atom stereocenters. The summed E-state index contributed by atoms with van der Waals surface area (Å²) in [7, 11) is 0. The summed E-state index contributed by atoms with van der Waals surface area (Å²) in [4.78, 5) is 38.2. The fourth-order valence-electron chi connectivity index (χ4n) is 8.38. The molecule has 0 aromatic rings. The molecule has 0 aromatic carbocycles. The van der Waals surface area contributed by atoms with Crippen molar-refractivity contribution in [2.45, 2.75) is 297 Å². The van der Waals surface area contributed by atoms with Gasteiger partial charge in [-0.1, -0.05) is 260 Å². The number of carbonyl (C=O) groups is 3. The molecule has 0 fully saturated rings. The molecule has 0 saturated heterocycles. The van der Waals surface area contributed by atoms with Crippen molar-refractivity contribution in [2.75, 3.05) is 13.2 Å². The average Bonchev–Trinajstić information content (AvgIpc) is 3.37. The summed E-state index contributed by atoms with van der Waals surface area (Å²) < 4.78 is 16.9. The van der Waals surface area contributed by atoms with Crippen LogP contribution in [0.3, 0.4) is 0 Å². The van der Waals surface area contributed by atoms with Crippen molar-refractivity contribution in [1.82, 2.24) is 0 Å². The molecule has 0 aliphatic rings. The van der Waals surface area contributed by atoms with Gasteiger partial charge in [0.2, 0.25) is 0 Å². The Hall–Kier alpha value is -3.41. The number of allylic oxidation sites excluding steroid dienone is 14. The molecule has 0 aliphatic carbocycles. The molecular weight excluding hydrogens is 877 g/mol. The van der Waals surface area contributed by atoms with Crippen LogP contribution in [0.15, 0.2) is 85.1 Å². The molecule has 0 rings (SSSR count). The van der Waals surface area contributed by atoms with Gasteiger partial charge in [-0.2, -0.15) is 0 Å². The first kappa shape index (κ1) is 67.6. The van der Waals surface area contributed by atoms with Crippen molar-refractivity contribution >= 4 is 17.9 Å². The van der Waals surface area contributed by atoms with E-state index in [1.807, 2.05) is 0 Å². The van der Waals surface area contributed by atoms with Gasteiger partial charge in [0.1, 0.15) is 13.2 Å². The van der Waals surface area contributed by atoms with Gasteiger partial charge in [-0.05, 0) is 96.3 Å². The van der Waals surface area contributed by atoms with E-state index in [4.69, 9.17) is 14.2 Å². The normalized spacial score (nSPS) is 12.7. The van der Waals surface area contributed by atoms with Crippen molar-refractivity contribution in [3.8, 4) is 0 Å². The van der Waals surface area contributed by atoms with Crippen LogP contribution < -0.4 is 0 Å². The van der Waals surface area contributed by atoms with Crippen LogP contribution in [0.4, 0.5) is 0 Å². The zero-order valence-electron chi connectivity index (χ0n) is 46.7. The summed E-state index contributed by atoms with van der Waals surface area (Å²) in [5.41, 5.74) is 0. The summed E-state index contributed by atoms with van der Waals surface area (Å²) in [5, 5.41) is 0. The highest BCUT2D eigenvalue weighted by atomic mass is 16.6. The maximum atomic E-state index is 12.9. The van der Waals surface area contributed by atoms with Crippen LogP contribution in [0.2, 0.25) is 0 Å². The Balaban J connectivity index is 4.43. The molecule has 0 unspecified atom stereocenters. The second-order valence-electron chi connectivity index (χ2n) is 19.9. The lowest BCUT2D eigenvalue weighted by atomic mass is 10.0. The molecule has 6 nitrogen and oxygen atoms in total. The van der Waals surface area contributed by atoms with Gasteiger partial charge >= 0.3 is 17.9 Å². The molecule has 0 aromatic heterocycles. The van der Waals surface area contributed by atoms with Crippen LogP contribution in [-0.4, -0.2) is 37.2 Å². The summed E-state index contributed by atoms with van der Waals surface area (Å²) in [6.45, 7) is 6.50. The predicted octanol–water partition coefficient (Wildman–Crippen LogP) is 20.3. The molecule has 71 heavy (non-hydrogen) atoms. The summed E-state index contributed by atoms with van der Waals surface area (Å²) >= 11 is 0. The number of esters is 3. The van der Waals surface area contributed by atoms with Gasteiger partial charge in [0, 0.05) is 19.3 Å². The van der Waals surface area contributed by atoms with Crippen LogP contribution in [-0.2, 0) is 28.6 Å². The Morgan fingerprint density at radius 2 is 0.549 bits per heavy atom. The Morgan fingerprint density at radius 3 is 0.901 bits per heavy atom. The molecule has 408 valence electrons. The van der Waals surface area contributed by atoms with Crippen molar-refractivity contribution in [3.63, 3.8) is 0 Å². The van der Waals surface area contributed by atoms with Crippen LogP contribution in [0.1, 0.15) is 290 Å². The first-order chi connectivity index (χ1) is 35.0. The second-order valence-corrected chi connectivity index (χ2v) is 19.9. The standard InChI is InChI=1S/C65H112O6/c1-4-7-10-13-16-19-22-25-28-30-32-34-37-40-43-46-49-52-55-58-64(67)70-61-62(60-69-63(66)57-54-51-48-45-42-39-36-27-24-21-18-15-12-9-6-3)71-65(68)59-56-53-50-47-44-41-38-35-33-31-29-26-23-20-17-14-11-8-5-2/h7,10,16-17,19-20,25-26,28-29,32,34,40,43,62H,4-6,8-9,11-15,18,21-24,27,30-31,33,35-39,41-42,44-61H2,1-3H3/b10-7-,19-16-,20-17-,28-25-,29-26-,34-32-,43-40-/t62-/m1/s1.